The Hall–Kier alpha value is -6.81. The number of rotatable bonds is 10. The van der Waals surface area contributed by atoms with Crippen molar-refractivity contribution in [1.82, 2.24) is 14.1 Å². The summed E-state index contributed by atoms with van der Waals surface area (Å²) in [6.45, 7) is 29.6. The van der Waals surface area contributed by atoms with E-state index in [4.69, 9.17) is 9.72 Å². The van der Waals surface area contributed by atoms with Crippen molar-refractivity contribution in [2.24, 2.45) is 0 Å². The predicted octanol–water partition coefficient (Wildman–Crippen LogP) is 16.6. The molecule has 3 aromatic heterocycles. The van der Waals surface area contributed by atoms with Crippen molar-refractivity contribution in [2.75, 3.05) is 0 Å². The molecule has 0 saturated heterocycles. The molecule has 10 aromatic rings. The molecule has 10 rings (SSSR count). The Balaban J connectivity index is 0.00000672. The molecule has 0 aliphatic carbocycles. The molecular weight excluding hydrogens is 1080 g/mol. The van der Waals surface area contributed by atoms with Gasteiger partial charge in [0, 0.05) is 55.9 Å². The summed E-state index contributed by atoms with van der Waals surface area (Å²) in [5, 5.41) is 2.21. The van der Waals surface area contributed by atoms with Gasteiger partial charge < -0.3 is 13.9 Å². The molecule has 74 heavy (non-hydrogen) atoms. The molecule has 5 nitrogen and oxygen atoms in total. The average Bonchev–Trinajstić information content (AvgIpc) is 3.96. The monoisotopic (exact) mass is 1150 g/mol. The Bertz CT molecular complexity index is 3600. The van der Waals surface area contributed by atoms with E-state index in [-0.39, 0.29) is 42.7 Å². The fraction of sp³-hybridized carbons (Fsp3) is 0.265. The van der Waals surface area contributed by atoms with Crippen LogP contribution in [-0.4, -0.2) is 14.1 Å². The van der Waals surface area contributed by atoms with Gasteiger partial charge in [0.1, 0.15) is 5.82 Å². The minimum absolute atomic E-state index is 0. The van der Waals surface area contributed by atoms with E-state index in [0.717, 1.165) is 55.8 Å². The first-order valence-electron chi connectivity index (χ1n) is 25.7. The first-order chi connectivity index (χ1) is 34.6. The van der Waals surface area contributed by atoms with E-state index in [0.29, 0.717) is 11.5 Å². The maximum Gasteiger partial charge on any atom is 0.267 e. The molecule has 0 aliphatic heterocycles. The van der Waals surface area contributed by atoms with Crippen LogP contribution in [0.3, 0.4) is 0 Å². The van der Waals surface area contributed by atoms with Crippen LogP contribution in [0.4, 0.5) is 0 Å². The normalized spacial score (nSPS) is 12.6. The third kappa shape index (κ3) is 10.1. The van der Waals surface area contributed by atoms with Crippen LogP contribution in [0.15, 0.2) is 176 Å². The zero-order chi connectivity index (χ0) is 51.7. The zero-order valence-corrected chi connectivity index (χ0v) is 47.5. The Morgan fingerprint density at radius 2 is 1.05 bits per heavy atom. The number of fused-ring (bicyclic) bond motifs is 3. The topological polar surface area (TPSA) is 35.9 Å². The fourth-order valence-electron chi connectivity index (χ4n) is 9.96. The van der Waals surface area contributed by atoms with Gasteiger partial charge >= 0.3 is 0 Å². The van der Waals surface area contributed by atoms with Crippen LogP contribution in [0.1, 0.15) is 129 Å². The van der Waals surface area contributed by atoms with Gasteiger partial charge in [-0.15, -0.1) is 35.2 Å². The summed E-state index contributed by atoms with van der Waals surface area (Å²) in [5.74, 6) is 1.99. The summed E-state index contributed by atoms with van der Waals surface area (Å²) in [7, 11) is 0. The summed E-state index contributed by atoms with van der Waals surface area (Å²) in [6, 6.07) is 66.3. The van der Waals surface area contributed by atoms with Gasteiger partial charge in [-0.1, -0.05) is 205 Å². The maximum atomic E-state index is 7.09. The molecule has 6 heteroatoms. The summed E-state index contributed by atoms with van der Waals surface area (Å²) < 4.78 is 13.6. The number of pyridine rings is 1. The second kappa shape index (κ2) is 19.5. The molecule has 0 saturated carbocycles. The van der Waals surface area contributed by atoms with Crippen molar-refractivity contribution in [3.63, 3.8) is 0 Å². The van der Waals surface area contributed by atoms with Crippen molar-refractivity contribution >= 4 is 21.8 Å². The van der Waals surface area contributed by atoms with E-state index in [1.54, 1.807) is 0 Å². The molecule has 3 heterocycles. The molecule has 0 spiro atoms. The summed E-state index contributed by atoms with van der Waals surface area (Å²) in [6.07, 6.45) is 7.93. The van der Waals surface area contributed by atoms with E-state index >= 15 is 0 Å². The largest absolute Gasteiger partial charge is 0.510 e. The Morgan fingerprint density at radius 1 is 0.473 bits per heavy atom. The van der Waals surface area contributed by atoms with E-state index in [1.807, 2.05) is 12.3 Å². The van der Waals surface area contributed by atoms with Crippen molar-refractivity contribution in [1.29, 1.82) is 0 Å². The summed E-state index contributed by atoms with van der Waals surface area (Å²) in [5.41, 5.74) is 13.6. The van der Waals surface area contributed by atoms with Crippen LogP contribution >= 0.6 is 0 Å². The van der Waals surface area contributed by atoms with E-state index in [2.05, 4.69) is 286 Å². The standard InChI is InChI=1S/C68H68N4O.Pt/c1-64(2,3)49-33-34-69-63(41-49)72-60-32-29-50(67(10,11)47-25-19-15-20-26-47)40-59(60)58-31-30-56(43-61(58)72)73-57-39-53(68(12,13)48-27-21-16-22-28-48)38-55(42-57)71-45-70(44-62(71)46-23-17-14-18-24-46)54-36-51(65(4,5)6)35-52(37-54)66(7,8)9;/h14-41,44H,1-13H3;/q-2;. The van der Waals surface area contributed by atoms with Gasteiger partial charge in [0.2, 0.25) is 0 Å². The number of hydrogen-bond donors (Lipinski definition) is 0. The van der Waals surface area contributed by atoms with Crippen LogP contribution in [0, 0.1) is 18.5 Å². The van der Waals surface area contributed by atoms with Crippen molar-refractivity contribution in [2.45, 2.75) is 117 Å². The van der Waals surface area contributed by atoms with Crippen molar-refractivity contribution in [3.05, 3.63) is 234 Å². The maximum absolute atomic E-state index is 7.09. The van der Waals surface area contributed by atoms with Crippen LogP contribution in [0.5, 0.6) is 11.5 Å². The van der Waals surface area contributed by atoms with E-state index < -0.39 is 5.41 Å². The number of imidazole rings is 1. The minimum atomic E-state index is -0.406. The second-order valence-electron chi connectivity index (χ2n) is 24.0. The van der Waals surface area contributed by atoms with Gasteiger partial charge in [0.15, 0.2) is 0 Å². The number of hydrogen-bond acceptors (Lipinski definition) is 2. The Morgan fingerprint density at radius 3 is 1.65 bits per heavy atom. The fourth-order valence-corrected chi connectivity index (χ4v) is 9.96. The number of aromatic nitrogens is 4. The first-order valence-corrected chi connectivity index (χ1v) is 25.7. The van der Waals surface area contributed by atoms with Gasteiger partial charge in [-0.25, -0.2) is 4.98 Å². The van der Waals surface area contributed by atoms with Crippen molar-refractivity contribution < 1.29 is 30.4 Å². The Labute approximate surface area is 454 Å². The van der Waals surface area contributed by atoms with Crippen LogP contribution in [0.25, 0.3) is 50.3 Å². The van der Waals surface area contributed by atoms with Gasteiger partial charge in [0.05, 0.1) is 11.4 Å². The molecule has 7 aromatic carbocycles. The SMILES string of the molecule is CC(C)(C)c1cc(-[n+]2[c-]n(-c3[c-]c(Oc4[c-]c5c(cc4)c4cc(C(C)(C)c6ccccc6)ccc4n5-c4cc(C(C)(C)C)ccn4)cc(C(C)(C)c4ccccc4)c3)c(-c3ccccc3)c2)cc(C(C)(C)C)c1.[Pt]. The summed E-state index contributed by atoms with van der Waals surface area (Å²) >= 11 is 0. The molecule has 0 unspecified atom stereocenters. The van der Waals surface area contributed by atoms with Crippen LogP contribution in [-0.2, 0) is 48.1 Å². The number of ether oxygens (including phenoxy) is 1. The average molecular weight is 1150 g/mol. The number of benzene rings is 7. The van der Waals surface area contributed by atoms with Gasteiger partial charge in [-0.2, -0.15) is 12.1 Å². The molecule has 0 amide bonds. The molecule has 378 valence electrons. The smallest absolute Gasteiger partial charge is 0.267 e. The third-order valence-electron chi connectivity index (χ3n) is 14.9. The minimum Gasteiger partial charge on any atom is -0.510 e. The van der Waals surface area contributed by atoms with Crippen LogP contribution in [0.2, 0.25) is 0 Å². The second-order valence-corrected chi connectivity index (χ2v) is 24.0. The molecule has 0 N–H and O–H groups in total. The van der Waals surface area contributed by atoms with Gasteiger partial charge in [-0.3, -0.25) is 4.57 Å². The quantitative estimate of drug-likeness (QED) is 0.101. The summed E-state index contributed by atoms with van der Waals surface area (Å²) in [4.78, 5) is 5.02. The van der Waals surface area contributed by atoms with E-state index in [1.165, 1.54) is 33.4 Å². The van der Waals surface area contributed by atoms with Gasteiger partial charge in [-0.05, 0) is 102 Å². The van der Waals surface area contributed by atoms with Crippen molar-refractivity contribution in [3.8, 4) is 39.9 Å². The first kappa shape index (κ1) is 52.1. The van der Waals surface area contributed by atoms with Gasteiger partial charge in [0.25, 0.3) is 6.33 Å². The molecule has 0 radical (unpaired) electrons. The molecule has 0 atom stereocenters. The number of nitrogens with zero attached hydrogens (tertiary/aromatic N) is 4. The molecule has 0 bridgehead atoms. The predicted molar refractivity (Wildman–Crippen MR) is 301 cm³/mol. The van der Waals surface area contributed by atoms with Crippen LogP contribution < -0.4 is 9.30 Å². The molecular formula is C68H68N4OPt-2. The molecule has 0 aliphatic rings. The zero-order valence-electron chi connectivity index (χ0n) is 45.3. The van der Waals surface area contributed by atoms with E-state index in [9.17, 15) is 0 Å². The molecule has 0 fully saturated rings. The third-order valence-corrected chi connectivity index (χ3v) is 14.9. The Kier molecular flexibility index (Phi) is 13.7.